The van der Waals surface area contributed by atoms with E-state index in [0.717, 1.165) is 38.5 Å². The topological polar surface area (TPSA) is 78.9 Å². The Balaban J connectivity index is 1.61. The molecule has 0 aromatic rings. The summed E-state index contributed by atoms with van der Waals surface area (Å²) in [5.41, 5.74) is 0.0768. The molecule has 4 saturated carbocycles. The van der Waals surface area contributed by atoms with Gasteiger partial charge in [0.1, 0.15) is 12.2 Å². The summed E-state index contributed by atoms with van der Waals surface area (Å²) in [6, 6.07) is 0. The molecule has 4 aliphatic carbocycles. The summed E-state index contributed by atoms with van der Waals surface area (Å²) in [4.78, 5) is 35.9. The van der Waals surface area contributed by atoms with Gasteiger partial charge in [-0.25, -0.2) is 0 Å². The highest BCUT2D eigenvalue weighted by atomic mass is 16.5. The maximum Gasteiger partial charge on any atom is 0.305 e. The lowest BCUT2D eigenvalue weighted by atomic mass is 9.43. The van der Waals surface area contributed by atoms with Crippen LogP contribution >= 0.6 is 0 Å². The first-order chi connectivity index (χ1) is 16.0. The van der Waals surface area contributed by atoms with Crippen LogP contribution in [0.3, 0.4) is 0 Å². The van der Waals surface area contributed by atoms with Crippen LogP contribution in [0.1, 0.15) is 92.4 Å². The number of esters is 3. The van der Waals surface area contributed by atoms with Crippen LogP contribution in [0.4, 0.5) is 0 Å². The molecule has 0 amide bonds. The molecule has 0 aliphatic heterocycles. The smallest absolute Gasteiger partial charge is 0.305 e. The summed E-state index contributed by atoms with van der Waals surface area (Å²) in [5, 5.41) is 0. The van der Waals surface area contributed by atoms with Crippen LogP contribution in [0.15, 0.2) is 0 Å². The molecule has 34 heavy (non-hydrogen) atoms. The van der Waals surface area contributed by atoms with E-state index in [2.05, 4.69) is 20.8 Å². The number of methoxy groups -OCH3 is 1. The van der Waals surface area contributed by atoms with Crippen LogP contribution in [0.5, 0.6) is 0 Å². The minimum absolute atomic E-state index is 0.0419. The van der Waals surface area contributed by atoms with E-state index in [1.165, 1.54) is 33.8 Å². The Hall–Kier alpha value is -1.59. The van der Waals surface area contributed by atoms with Gasteiger partial charge >= 0.3 is 17.9 Å². The van der Waals surface area contributed by atoms with Crippen molar-refractivity contribution >= 4 is 17.9 Å². The maximum absolute atomic E-state index is 12.3. The zero-order chi connectivity index (χ0) is 24.8. The second-order valence-electron chi connectivity index (χ2n) is 12.3. The van der Waals surface area contributed by atoms with Crippen molar-refractivity contribution in [2.45, 2.75) is 105 Å². The molecule has 192 valence electrons. The van der Waals surface area contributed by atoms with Crippen molar-refractivity contribution in [1.82, 2.24) is 0 Å². The van der Waals surface area contributed by atoms with Gasteiger partial charge in [-0.05, 0) is 92.3 Å². The second-order valence-corrected chi connectivity index (χ2v) is 12.3. The van der Waals surface area contributed by atoms with Gasteiger partial charge in [0, 0.05) is 25.7 Å². The van der Waals surface area contributed by atoms with Crippen molar-refractivity contribution in [3.63, 3.8) is 0 Å². The van der Waals surface area contributed by atoms with Gasteiger partial charge in [-0.3, -0.25) is 14.4 Å². The first kappa shape index (κ1) is 25.5. The van der Waals surface area contributed by atoms with Crippen LogP contribution < -0.4 is 0 Å². The fourth-order valence-electron chi connectivity index (χ4n) is 9.32. The third-order valence-electron chi connectivity index (χ3n) is 10.8. The van der Waals surface area contributed by atoms with Gasteiger partial charge < -0.3 is 14.2 Å². The number of carbonyl (C=O) groups excluding carboxylic acids is 3. The van der Waals surface area contributed by atoms with Crippen molar-refractivity contribution in [3.8, 4) is 0 Å². The predicted octanol–water partition coefficient (Wildman–Crippen LogP) is 5.32. The van der Waals surface area contributed by atoms with Crippen LogP contribution in [0.25, 0.3) is 0 Å². The molecular formula is C28H44O6. The Morgan fingerprint density at radius 1 is 0.912 bits per heavy atom. The Morgan fingerprint density at radius 2 is 1.62 bits per heavy atom. The van der Waals surface area contributed by atoms with E-state index in [1.54, 1.807) is 0 Å². The molecule has 0 unspecified atom stereocenters. The number of fused-ring (bicyclic) bond motifs is 5. The standard InChI is InChI=1S/C28H44O6/c1-16(13-26(31)32-6)22-9-10-23-21-8-7-19-14-20(33-17(2)29)11-12-27(19,4)24(21)15-25(28(22,23)5)34-18(3)30/h16,19-25H,7-15H2,1-6H3/t16-,19-,20-,21+,22+,23-,24-,25+,27+,28-/m1/s1. The third-order valence-corrected chi connectivity index (χ3v) is 10.8. The first-order valence-electron chi connectivity index (χ1n) is 13.4. The van der Waals surface area contributed by atoms with Gasteiger partial charge in [0.25, 0.3) is 0 Å². The monoisotopic (exact) mass is 476 g/mol. The molecule has 0 aromatic heterocycles. The van der Waals surface area contributed by atoms with Crippen molar-refractivity contribution in [2.24, 2.45) is 46.3 Å². The average molecular weight is 477 g/mol. The van der Waals surface area contributed by atoms with E-state index >= 15 is 0 Å². The fourth-order valence-corrected chi connectivity index (χ4v) is 9.32. The van der Waals surface area contributed by atoms with E-state index in [4.69, 9.17) is 14.2 Å². The maximum atomic E-state index is 12.3. The van der Waals surface area contributed by atoms with Crippen LogP contribution in [-0.4, -0.2) is 37.2 Å². The number of hydrogen-bond acceptors (Lipinski definition) is 6. The van der Waals surface area contributed by atoms with E-state index in [-0.39, 0.29) is 46.9 Å². The molecule has 0 spiro atoms. The lowest BCUT2D eigenvalue weighted by molar-refractivity contribution is -0.198. The van der Waals surface area contributed by atoms with Crippen LogP contribution in [0, 0.1) is 46.3 Å². The van der Waals surface area contributed by atoms with Gasteiger partial charge in [-0.1, -0.05) is 20.8 Å². The van der Waals surface area contributed by atoms with E-state index in [1.807, 2.05) is 0 Å². The Kier molecular flexibility index (Phi) is 7.10. The SMILES string of the molecule is COC(=O)C[C@@H](C)[C@@H]1CC[C@@H]2[C@@H]3CC[C@@H]4C[C@H](OC(C)=O)CC[C@]4(C)[C@@H]3C[C@H](OC(C)=O)[C@@]21C. The molecule has 0 aromatic carbocycles. The van der Waals surface area contributed by atoms with E-state index in [9.17, 15) is 14.4 Å². The van der Waals surface area contributed by atoms with Gasteiger partial charge in [0.05, 0.1) is 7.11 Å². The quantitative estimate of drug-likeness (QED) is 0.395. The van der Waals surface area contributed by atoms with Gasteiger partial charge in [0.2, 0.25) is 0 Å². The highest BCUT2D eigenvalue weighted by Gasteiger charge is 2.65. The van der Waals surface area contributed by atoms with E-state index in [0.29, 0.717) is 36.0 Å². The third kappa shape index (κ3) is 4.28. The fraction of sp³-hybridized carbons (Fsp3) is 0.893. The molecule has 0 saturated heterocycles. The molecule has 0 bridgehead atoms. The zero-order valence-electron chi connectivity index (χ0n) is 21.9. The van der Waals surface area contributed by atoms with Gasteiger partial charge in [-0.2, -0.15) is 0 Å². The van der Waals surface area contributed by atoms with Crippen LogP contribution in [0.2, 0.25) is 0 Å². The first-order valence-corrected chi connectivity index (χ1v) is 13.4. The van der Waals surface area contributed by atoms with E-state index < -0.39 is 0 Å². The average Bonchev–Trinajstić information content (AvgIpc) is 3.12. The summed E-state index contributed by atoms with van der Waals surface area (Å²) in [7, 11) is 1.45. The minimum Gasteiger partial charge on any atom is -0.469 e. The van der Waals surface area contributed by atoms with Gasteiger partial charge in [0.15, 0.2) is 0 Å². The predicted molar refractivity (Wildman–Crippen MR) is 128 cm³/mol. The summed E-state index contributed by atoms with van der Waals surface area (Å²) in [6.45, 7) is 10.0. The molecule has 4 aliphatic rings. The molecule has 0 radical (unpaired) electrons. The molecule has 4 fully saturated rings. The Labute approximate surface area is 204 Å². The summed E-state index contributed by atoms with van der Waals surface area (Å²) < 4.78 is 16.7. The second kappa shape index (κ2) is 9.46. The highest BCUT2D eigenvalue weighted by molar-refractivity contribution is 5.69. The lowest BCUT2D eigenvalue weighted by Crippen LogP contribution is -2.59. The number of ether oxygens (including phenoxy) is 3. The molecule has 10 atom stereocenters. The normalized spacial score (nSPS) is 44.1. The minimum atomic E-state index is -0.203. The lowest BCUT2D eigenvalue weighted by Gasteiger charge is -2.62. The summed E-state index contributed by atoms with van der Waals surface area (Å²) in [6.07, 6.45) is 8.79. The zero-order valence-corrected chi connectivity index (χ0v) is 21.9. The molecule has 0 heterocycles. The highest BCUT2D eigenvalue weighted by Crippen LogP contribution is 2.69. The number of carbonyl (C=O) groups is 3. The Bertz CT molecular complexity index is 809. The Morgan fingerprint density at radius 3 is 2.26 bits per heavy atom. The summed E-state index contributed by atoms with van der Waals surface area (Å²) in [5.74, 6) is 2.19. The van der Waals surface area contributed by atoms with Crippen molar-refractivity contribution in [3.05, 3.63) is 0 Å². The van der Waals surface area contributed by atoms with Crippen molar-refractivity contribution in [2.75, 3.05) is 7.11 Å². The largest absolute Gasteiger partial charge is 0.469 e. The number of rotatable bonds is 5. The van der Waals surface area contributed by atoms with Crippen molar-refractivity contribution < 1.29 is 28.6 Å². The molecule has 0 N–H and O–H groups in total. The molecule has 6 heteroatoms. The molecular weight excluding hydrogens is 432 g/mol. The molecule has 6 nitrogen and oxygen atoms in total. The van der Waals surface area contributed by atoms with Crippen molar-refractivity contribution in [1.29, 1.82) is 0 Å². The van der Waals surface area contributed by atoms with Crippen LogP contribution in [-0.2, 0) is 28.6 Å². The number of hydrogen-bond donors (Lipinski definition) is 0. The summed E-state index contributed by atoms with van der Waals surface area (Å²) >= 11 is 0. The van der Waals surface area contributed by atoms with Gasteiger partial charge in [-0.15, -0.1) is 0 Å². The molecule has 4 rings (SSSR count).